The van der Waals surface area contributed by atoms with Crippen LogP contribution in [0, 0.1) is 21.4 Å². The number of Topliss-reactive ketones (excluding diaryl/α,β-unsaturated/α-hetero) is 1. The van der Waals surface area contributed by atoms with Crippen LogP contribution in [0.4, 0.5) is 10.5 Å². The number of nitro benzene ring substituents is 1. The van der Waals surface area contributed by atoms with Gasteiger partial charge in [-0.1, -0.05) is 12.1 Å². The predicted molar refractivity (Wildman–Crippen MR) is 108 cm³/mol. The molecule has 0 aliphatic carbocycles. The first kappa shape index (κ1) is 20.8. The van der Waals surface area contributed by atoms with E-state index in [1.54, 1.807) is 24.3 Å². The number of rotatable bonds is 7. The highest BCUT2D eigenvalue weighted by atomic mass is 32.2. The molecule has 3 rings (SSSR count). The maximum atomic E-state index is 12.6. The zero-order valence-corrected chi connectivity index (χ0v) is 16.1. The summed E-state index contributed by atoms with van der Waals surface area (Å²) in [7, 11) is 0. The van der Waals surface area contributed by atoms with Crippen molar-refractivity contribution in [1.29, 1.82) is 5.26 Å². The molecule has 10 heteroatoms. The Labute approximate surface area is 174 Å². The zero-order chi connectivity index (χ0) is 21.7. The molecule has 9 nitrogen and oxygen atoms in total. The van der Waals surface area contributed by atoms with Gasteiger partial charge in [0.05, 0.1) is 16.4 Å². The highest BCUT2D eigenvalue weighted by Crippen LogP contribution is 2.32. The number of nitriles is 1. The van der Waals surface area contributed by atoms with Crippen LogP contribution in [-0.2, 0) is 4.79 Å². The minimum Gasteiger partial charge on any atom is -0.479 e. The van der Waals surface area contributed by atoms with Gasteiger partial charge in [0, 0.05) is 17.7 Å². The van der Waals surface area contributed by atoms with Gasteiger partial charge in [-0.05, 0) is 47.7 Å². The van der Waals surface area contributed by atoms with Gasteiger partial charge in [-0.3, -0.25) is 29.4 Å². The second-order valence-corrected chi connectivity index (χ2v) is 7.00. The Morgan fingerprint density at radius 2 is 1.83 bits per heavy atom. The third-order valence-electron chi connectivity index (χ3n) is 4.06. The van der Waals surface area contributed by atoms with E-state index in [1.165, 1.54) is 30.3 Å². The van der Waals surface area contributed by atoms with Crippen LogP contribution in [0.15, 0.2) is 53.4 Å². The second-order valence-electron chi connectivity index (χ2n) is 6.01. The number of hydrogen-bond donors (Lipinski definition) is 0. The Kier molecular flexibility index (Phi) is 6.24. The van der Waals surface area contributed by atoms with Crippen LogP contribution in [0.5, 0.6) is 5.75 Å². The predicted octanol–water partition coefficient (Wildman–Crippen LogP) is 3.42. The summed E-state index contributed by atoms with van der Waals surface area (Å²) in [6, 6.07) is 13.4. The highest BCUT2D eigenvalue weighted by molar-refractivity contribution is 8.18. The number of ketones is 1. The molecule has 0 radical (unpaired) electrons. The van der Waals surface area contributed by atoms with Gasteiger partial charge in [-0.25, -0.2) is 0 Å². The lowest BCUT2D eigenvalue weighted by molar-refractivity contribution is -0.384. The Hall–Kier alpha value is -3.97. The Morgan fingerprint density at radius 1 is 1.17 bits per heavy atom. The van der Waals surface area contributed by atoms with Crippen molar-refractivity contribution in [3.8, 4) is 11.8 Å². The van der Waals surface area contributed by atoms with E-state index in [2.05, 4.69) is 0 Å². The summed E-state index contributed by atoms with van der Waals surface area (Å²) in [4.78, 5) is 48.2. The SMILES string of the molecule is N#CCOc1ccc(/C=C2\SC(=O)N(CC(=O)c3ccc([N+](=O)[O-])cc3)C2=O)cc1. The zero-order valence-electron chi connectivity index (χ0n) is 15.3. The highest BCUT2D eigenvalue weighted by Gasteiger charge is 2.36. The summed E-state index contributed by atoms with van der Waals surface area (Å²) in [5.74, 6) is -0.604. The number of benzene rings is 2. The van der Waals surface area contributed by atoms with Gasteiger partial charge in [0.2, 0.25) is 0 Å². The molecule has 2 aromatic rings. The summed E-state index contributed by atoms with van der Waals surface area (Å²) >= 11 is 0.721. The van der Waals surface area contributed by atoms with Crippen molar-refractivity contribution in [3.05, 3.63) is 74.7 Å². The molecule has 150 valence electrons. The van der Waals surface area contributed by atoms with Crippen LogP contribution in [-0.4, -0.2) is 39.9 Å². The normalized spacial score (nSPS) is 14.6. The monoisotopic (exact) mass is 423 g/mol. The molecule has 2 aromatic carbocycles. The summed E-state index contributed by atoms with van der Waals surface area (Å²) in [6.45, 7) is -0.540. The smallest absolute Gasteiger partial charge is 0.293 e. The minimum atomic E-state index is -0.593. The molecule has 0 bridgehead atoms. The number of nitrogens with zero attached hydrogens (tertiary/aromatic N) is 3. The van der Waals surface area contributed by atoms with Gasteiger partial charge < -0.3 is 4.74 Å². The number of hydrogen-bond acceptors (Lipinski definition) is 8. The molecule has 1 heterocycles. The van der Waals surface area contributed by atoms with Gasteiger partial charge in [0.15, 0.2) is 12.4 Å². The average Bonchev–Trinajstić information content (AvgIpc) is 3.00. The van der Waals surface area contributed by atoms with Crippen molar-refractivity contribution in [2.24, 2.45) is 0 Å². The van der Waals surface area contributed by atoms with Crippen molar-refractivity contribution < 1.29 is 24.0 Å². The summed E-state index contributed by atoms with van der Waals surface area (Å²) in [5.41, 5.74) is 0.646. The van der Waals surface area contributed by atoms with Crippen LogP contribution in [0.2, 0.25) is 0 Å². The van der Waals surface area contributed by atoms with Crippen LogP contribution in [0.3, 0.4) is 0 Å². The third kappa shape index (κ3) is 4.71. The molecule has 1 fully saturated rings. The van der Waals surface area contributed by atoms with Crippen molar-refractivity contribution >= 4 is 40.5 Å². The molecule has 0 saturated carbocycles. The maximum Gasteiger partial charge on any atom is 0.293 e. The number of thioether (sulfide) groups is 1. The van der Waals surface area contributed by atoms with Crippen LogP contribution < -0.4 is 4.74 Å². The Balaban J connectivity index is 1.69. The number of amides is 2. The molecule has 0 N–H and O–H groups in total. The average molecular weight is 423 g/mol. The first-order valence-corrected chi connectivity index (χ1v) is 9.33. The number of imide groups is 1. The molecule has 1 saturated heterocycles. The standard InChI is InChI=1S/C20H13N3O6S/c21-9-10-29-16-7-1-13(2-8-16)11-18-19(25)22(20(26)30-18)12-17(24)14-3-5-15(6-4-14)23(27)28/h1-8,11H,10,12H2/b18-11-. The van der Waals surface area contributed by atoms with Gasteiger partial charge in [-0.2, -0.15) is 5.26 Å². The van der Waals surface area contributed by atoms with Crippen LogP contribution in [0.1, 0.15) is 15.9 Å². The second kappa shape index (κ2) is 9.02. The number of ether oxygens (including phenoxy) is 1. The lowest BCUT2D eigenvalue weighted by Gasteiger charge is -2.11. The lowest BCUT2D eigenvalue weighted by Crippen LogP contribution is -2.33. The van der Waals surface area contributed by atoms with Gasteiger partial charge in [0.1, 0.15) is 11.8 Å². The molecule has 30 heavy (non-hydrogen) atoms. The summed E-state index contributed by atoms with van der Waals surface area (Å²) < 4.78 is 5.15. The molecular weight excluding hydrogens is 410 g/mol. The quantitative estimate of drug-likeness (QED) is 0.286. The molecule has 0 aromatic heterocycles. The van der Waals surface area contributed by atoms with Gasteiger partial charge in [0.25, 0.3) is 16.8 Å². The van der Waals surface area contributed by atoms with Crippen LogP contribution in [0.25, 0.3) is 6.08 Å². The van der Waals surface area contributed by atoms with E-state index in [9.17, 15) is 24.5 Å². The largest absolute Gasteiger partial charge is 0.479 e. The fourth-order valence-electron chi connectivity index (χ4n) is 2.57. The van der Waals surface area contributed by atoms with Crippen molar-refractivity contribution in [1.82, 2.24) is 4.90 Å². The molecule has 1 aliphatic rings. The summed E-state index contributed by atoms with van der Waals surface area (Å²) in [5, 5.41) is 18.6. The maximum absolute atomic E-state index is 12.6. The summed E-state index contributed by atoms with van der Waals surface area (Å²) in [6.07, 6.45) is 1.52. The van der Waals surface area contributed by atoms with E-state index >= 15 is 0 Å². The van der Waals surface area contributed by atoms with E-state index in [0.717, 1.165) is 16.7 Å². The van der Waals surface area contributed by atoms with Gasteiger partial charge in [-0.15, -0.1) is 0 Å². The molecule has 0 unspecified atom stereocenters. The van der Waals surface area contributed by atoms with E-state index in [0.29, 0.717) is 11.3 Å². The van der Waals surface area contributed by atoms with E-state index in [-0.39, 0.29) is 22.8 Å². The molecule has 0 atom stereocenters. The molecule has 2 amide bonds. The first-order valence-electron chi connectivity index (χ1n) is 8.52. The minimum absolute atomic E-state index is 0.0823. The number of nitro groups is 1. The number of carbonyl (C=O) groups is 3. The van der Waals surface area contributed by atoms with E-state index < -0.39 is 28.4 Å². The fourth-order valence-corrected chi connectivity index (χ4v) is 3.41. The molecular formula is C20H13N3O6S. The lowest BCUT2D eigenvalue weighted by atomic mass is 10.1. The molecule has 0 spiro atoms. The Morgan fingerprint density at radius 3 is 2.43 bits per heavy atom. The first-order chi connectivity index (χ1) is 14.4. The molecule has 1 aliphatic heterocycles. The fraction of sp³-hybridized carbons (Fsp3) is 0.100. The van der Waals surface area contributed by atoms with E-state index in [4.69, 9.17) is 10.00 Å². The van der Waals surface area contributed by atoms with Crippen molar-refractivity contribution in [2.75, 3.05) is 13.2 Å². The van der Waals surface area contributed by atoms with E-state index in [1.807, 2.05) is 6.07 Å². The third-order valence-corrected chi connectivity index (χ3v) is 4.96. The number of non-ortho nitro benzene ring substituents is 1. The Bertz CT molecular complexity index is 1090. The van der Waals surface area contributed by atoms with Crippen molar-refractivity contribution in [2.45, 2.75) is 0 Å². The van der Waals surface area contributed by atoms with Crippen LogP contribution >= 0.6 is 11.8 Å². The van der Waals surface area contributed by atoms with Gasteiger partial charge >= 0.3 is 0 Å². The van der Waals surface area contributed by atoms with Crippen molar-refractivity contribution in [3.63, 3.8) is 0 Å². The topological polar surface area (TPSA) is 131 Å². The number of carbonyl (C=O) groups excluding carboxylic acids is 3.